The molecule has 2 atom stereocenters. The molecule has 2 aromatic carbocycles. The van der Waals surface area contributed by atoms with Crippen LogP contribution in [0.5, 0.6) is 0 Å². The lowest BCUT2D eigenvalue weighted by Crippen LogP contribution is -2.26. The predicted molar refractivity (Wildman–Crippen MR) is 88.9 cm³/mol. The Morgan fingerprint density at radius 2 is 1.79 bits per heavy atom. The van der Waals surface area contributed by atoms with Gasteiger partial charge >= 0.3 is 0 Å². The molecule has 0 spiro atoms. The van der Waals surface area contributed by atoms with E-state index in [0.29, 0.717) is 0 Å². The molecular weight excluding hydrogens is 328 g/mol. The van der Waals surface area contributed by atoms with Crippen LogP contribution >= 0.6 is 0 Å². The highest BCUT2D eigenvalue weighted by atomic mass is 32.2. The molecular formula is C18H20O5S. The monoisotopic (exact) mass is 348 g/mol. The van der Waals surface area contributed by atoms with Crippen molar-refractivity contribution in [1.82, 2.24) is 0 Å². The SMILES string of the molecule is Cc1ccc(S(=O)(=O)OCC2COC(C)(c3ccccc3)O2)cc1. The Kier molecular flexibility index (Phi) is 4.73. The molecule has 2 unspecified atom stereocenters. The second-order valence-corrected chi connectivity index (χ2v) is 7.53. The minimum atomic E-state index is -3.80. The van der Waals surface area contributed by atoms with E-state index < -0.39 is 22.0 Å². The molecule has 0 N–H and O–H groups in total. The van der Waals surface area contributed by atoms with Gasteiger partial charge in [-0.15, -0.1) is 0 Å². The molecule has 1 aliphatic heterocycles. The highest BCUT2D eigenvalue weighted by Crippen LogP contribution is 2.33. The average molecular weight is 348 g/mol. The largest absolute Gasteiger partial charge is 0.343 e. The maximum Gasteiger partial charge on any atom is 0.297 e. The molecule has 0 aromatic heterocycles. The lowest BCUT2D eigenvalue weighted by Gasteiger charge is -2.23. The first-order valence-corrected chi connectivity index (χ1v) is 9.13. The highest BCUT2D eigenvalue weighted by Gasteiger charge is 2.39. The minimum absolute atomic E-state index is 0.0847. The van der Waals surface area contributed by atoms with Crippen LogP contribution in [0.15, 0.2) is 59.5 Å². The van der Waals surface area contributed by atoms with Crippen molar-refractivity contribution in [3.05, 3.63) is 65.7 Å². The van der Waals surface area contributed by atoms with Crippen LogP contribution in [-0.4, -0.2) is 27.7 Å². The maximum atomic E-state index is 12.2. The van der Waals surface area contributed by atoms with Crippen LogP contribution in [0.3, 0.4) is 0 Å². The van der Waals surface area contributed by atoms with Gasteiger partial charge in [-0.05, 0) is 26.0 Å². The van der Waals surface area contributed by atoms with E-state index in [1.807, 2.05) is 44.2 Å². The van der Waals surface area contributed by atoms with Gasteiger partial charge in [-0.3, -0.25) is 4.18 Å². The van der Waals surface area contributed by atoms with Crippen molar-refractivity contribution in [3.63, 3.8) is 0 Å². The van der Waals surface area contributed by atoms with Crippen LogP contribution in [0, 0.1) is 6.92 Å². The van der Waals surface area contributed by atoms with Crippen LogP contribution < -0.4 is 0 Å². The van der Waals surface area contributed by atoms with Gasteiger partial charge in [-0.1, -0.05) is 48.0 Å². The zero-order valence-corrected chi connectivity index (χ0v) is 14.5. The predicted octanol–water partition coefficient (Wildman–Crippen LogP) is 2.99. The summed E-state index contributed by atoms with van der Waals surface area (Å²) >= 11 is 0. The molecule has 0 bridgehead atoms. The van der Waals surface area contributed by atoms with Gasteiger partial charge in [0.15, 0.2) is 5.79 Å². The lowest BCUT2D eigenvalue weighted by molar-refractivity contribution is -0.164. The van der Waals surface area contributed by atoms with Crippen molar-refractivity contribution in [2.24, 2.45) is 0 Å². The molecule has 0 saturated carbocycles. The summed E-state index contributed by atoms with van der Waals surface area (Å²) in [6, 6.07) is 16.1. The fraction of sp³-hybridized carbons (Fsp3) is 0.333. The summed E-state index contributed by atoms with van der Waals surface area (Å²) in [6.07, 6.45) is -0.449. The van der Waals surface area contributed by atoms with E-state index in [2.05, 4.69) is 0 Å². The third-order valence-corrected chi connectivity index (χ3v) is 5.25. The molecule has 6 heteroatoms. The molecule has 0 radical (unpaired) electrons. The lowest BCUT2D eigenvalue weighted by atomic mass is 10.1. The zero-order valence-electron chi connectivity index (χ0n) is 13.6. The number of hydrogen-bond acceptors (Lipinski definition) is 5. The summed E-state index contributed by atoms with van der Waals surface area (Å²) in [4.78, 5) is 0.137. The Hall–Kier alpha value is -1.73. The van der Waals surface area contributed by atoms with Crippen molar-refractivity contribution >= 4 is 10.1 Å². The first kappa shape index (κ1) is 17.1. The molecule has 0 amide bonds. The molecule has 2 aromatic rings. The standard InChI is InChI=1S/C18H20O5S/c1-14-8-10-17(11-9-14)24(19,20)22-13-16-12-21-18(2,23-16)15-6-4-3-5-7-15/h3-11,16H,12-13H2,1-2H3. The molecule has 1 aliphatic rings. The van der Waals surface area contributed by atoms with Crippen molar-refractivity contribution in [3.8, 4) is 0 Å². The van der Waals surface area contributed by atoms with Crippen LogP contribution in [0.1, 0.15) is 18.1 Å². The third-order valence-electron chi connectivity index (χ3n) is 3.95. The van der Waals surface area contributed by atoms with Gasteiger partial charge < -0.3 is 9.47 Å². The fourth-order valence-electron chi connectivity index (χ4n) is 2.55. The molecule has 128 valence electrons. The fourth-order valence-corrected chi connectivity index (χ4v) is 3.49. The van der Waals surface area contributed by atoms with Gasteiger partial charge in [0.25, 0.3) is 10.1 Å². The van der Waals surface area contributed by atoms with E-state index in [1.165, 1.54) is 12.1 Å². The molecule has 3 rings (SSSR count). The summed E-state index contributed by atoms with van der Waals surface area (Å²) in [5.74, 6) is -0.886. The smallest absolute Gasteiger partial charge is 0.297 e. The summed E-state index contributed by atoms with van der Waals surface area (Å²) in [5, 5.41) is 0. The Morgan fingerprint density at radius 3 is 2.46 bits per heavy atom. The molecule has 1 saturated heterocycles. The van der Waals surface area contributed by atoms with Gasteiger partial charge in [0.1, 0.15) is 6.10 Å². The van der Waals surface area contributed by atoms with Crippen molar-refractivity contribution in [2.75, 3.05) is 13.2 Å². The maximum absolute atomic E-state index is 12.2. The molecule has 5 nitrogen and oxygen atoms in total. The molecule has 24 heavy (non-hydrogen) atoms. The van der Waals surface area contributed by atoms with Crippen LogP contribution in [-0.2, 0) is 29.6 Å². The summed E-state index contributed by atoms with van der Waals surface area (Å²) in [7, 11) is -3.80. The Labute approximate surface area is 142 Å². The zero-order chi connectivity index (χ0) is 17.2. The van der Waals surface area contributed by atoms with Gasteiger partial charge in [0.2, 0.25) is 0 Å². The van der Waals surface area contributed by atoms with E-state index in [9.17, 15) is 8.42 Å². The van der Waals surface area contributed by atoms with E-state index in [1.54, 1.807) is 12.1 Å². The molecule has 1 heterocycles. The minimum Gasteiger partial charge on any atom is -0.343 e. The van der Waals surface area contributed by atoms with Gasteiger partial charge in [0.05, 0.1) is 18.1 Å². The number of benzene rings is 2. The van der Waals surface area contributed by atoms with Gasteiger partial charge in [0, 0.05) is 5.56 Å². The summed E-state index contributed by atoms with van der Waals surface area (Å²) in [5.41, 5.74) is 1.87. The second-order valence-electron chi connectivity index (χ2n) is 5.91. The molecule has 0 aliphatic carbocycles. The van der Waals surface area contributed by atoms with E-state index >= 15 is 0 Å². The Balaban J connectivity index is 1.63. The van der Waals surface area contributed by atoms with Crippen LogP contribution in [0.2, 0.25) is 0 Å². The summed E-state index contributed by atoms with van der Waals surface area (Å²) < 4.78 is 41.2. The number of ether oxygens (including phenoxy) is 2. The van der Waals surface area contributed by atoms with E-state index in [-0.39, 0.29) is 18.1 Å². The summed E-state index contributed by atoms with van der Waals surface area (Å²) in [6.45, 7) is 3.90. The normalized spacial score (nSPS) is 24.2. The van der Waals surface area contributed by atoms with Crippen molar-refractivity contribution in [1.29, 1.82) is 0 Å². The first-order valence-electron chi connectivity index (χ1n) is 7.72. The van der Waals surface area contributed by atoms with Crippen LogP contribution in [0.25, 0.3) is 0 Å². The quantitative estimate of drug-likeness (QED) is 0.778. The Morgan fingerprint density at radius 1 is 1.12 bits per heavy atom. The number of aryl methyl sites for hydroxylation is 1. The van der Waals surface area contributed by atoms with Crippen molar-refractivity contribution in [2.45, 2.75) is 30.6 Å². The number of hydrogen-bond donors (Lipinski definition) is 0. The third kappa shape index (κ3) is 3.67. The van der Waals surface area contributed by atoms with E-state index in [4.69, 9.17) is 13.7 Å². The van der Waals surface area contributed by atoms with Gasteiger partial charge in [-0.25, -0.2) is 0 Å². The molecule has 1 fully saturated rings. The first-order chi connectivity index (χ1) is 11.4. The average Bonchev–Trinajstić information content (AvgIpc) is 2.97. The van der Waals surface area contributed by atoms with Crippen molar-refractivity contribution < 1.29 is 22.1 Å². The second kappa shape index (κ2) is 6.64. The van der Waals surface area contributed by atoms with E-state index in [0.717, 1.165) is 11.1 Å². The van der Waals surface area contributed by atoms with Gasteiger partial charge in [-0.2, -0.15) is 8.42 Å². The number of rotatable bonds is 5. The topological polar surface area (TPSA) is 61.8 Å². The Bertz CT molecular complexity index is 786. The van der Waals surface area contributed by atoms with Crippen LogP contribution in [0.4, 0.5) is 0 Å². The highest BCUT2D eigenvalue weighted by molar-refractivity contribution is 7.86.